The summed E-state index contributed by atoms with van der Waals surface area (Å²) in [4.78, 5) is 50.2. The van der Waals surface area contributed by atoms with Crippen LogP contribution in [0, 0.1) is 11.2 Å². The van der Waals surface area contributed by atoms with Crippen LogP contribution in [0.1, 0.15) is 19.8 Å². The van der Waals surface area contributed by atoms with E-state index in [1.54, 1.807) is 62.9 Å². The maximum absolute atomic E-state index is 13.6. The Hall–Kier alpha value is -5.52. The van der Waals surface area contributed by atoms with Crippen molar-refractivity contribution < 1.29 is 42.9 Å². The second-order valence-electron chi connectivity index (χ2n) is 9.55. The first-order valence-corrected chi connectivity index (χ1v) is 12.9. The Morgan fingerprint density at radius 2 is 1.42 bits per heavy atom. The third kappa shape index (κ3) is 6.53. The summed E-state index contributed by atoms with van der Waals surface area (Å²) in [5.74, 6) is -1.59. The van der Waals surface area contributed by atoms with Gasteiger partial charge >= 0.3 is 5.97 Å². The molecule has 1 heterocycles. The number of rotatable bonds is 9. The van der Waals surface area contributed by atoms with Gasteiger partial charge in [0, 0.05) is 35.9 Å². The number of aromatic nitrogens is 1. The number of hydrogen-bond acceptors (Lipinski definition) is 8. The van der Waals surface area contributed by atoms with Crippen LogP contribution in [0.15, 0.2) is 72.9 Å². The molecule has 5 rings (SSSR count). The van der Waals surface area contributed by atoms with Crippen LogP contribution in [0.4, 0.5) is 15.8 Å². The minimum Gasteiger partial charge on any atom is -0.493 e. The third-order valence-corrected chi connectivity index (χ3v) is 6.75. The van der Waals surface area contributed by atoms with E-state index in [0.717, 1.165) is 12.3 Å². The number of nitrogens with two attached hydrogens (primary N) is 1. The first-order valence-electron chi connectivity index (χ1n) is 12.9. The fourth-order valence-corrected chi connectivity index (χ4v) is 4.21. The lowest BCUT2D eigenvalue weighted by Crippen LogP contribution is -2.41. The molecule has 0 spiro atoms. The van der Waals surface area contributed by atoms with Crippen molar-refractivity contribution in [2.45, 2.75) is 19.8 Å². The molecular weight excluding hydrogens is 561 g/mol. The average Bonchev–Trinajstić information content (AvgIpc) is 3.81. The number of nitrogens with zero attached hydrogens (tertiary/aromatic N) is 2. The normalized spacial score (nSPS) is 12.7. The molecule has 1 aliphatic carbocycles. The number of benzene rings is 3. The number of halogens is 1. The molecular formula is C31H28FN3O8. The summed E-state index contributed by atoms with van der Waals surface area (Å²) in [6.07, 6.45) is 2.39. The number of pyridine rings is 1. The zero-order valence-electron chi connectivity index (χ0n) is 23.5. The Balaban J connectivity index is 0.000000641. The van der Waals surface area contributed by atoms with E-state index in [4.69, 9.17) is 25.1 Å². The molecule has 1 aliphatic rings. The van der Waals surface area contributed by atoms with Crippen LogP contribution in [-0.4, -0.2) is 47.9 Å². The topological polar surface area (TPSA) is 158 Å². The van der Waals surface area contributed by atoms with Crippen LogP contribution >= 0.6 is 0 Å². The van der Waals surface area contributed by atoms with Crippen molar-refractivity contribution in [1.29, 1.82) is 0 Å². The highest BCUT2D eigenvalue weighted by Crippen LogP contribution is 2.49. The van der Waals surface area contributed by atoms with Crippen molar-refractivity contribution in [2.24, 2.45) is 11.1 Å². The third-order valence-electron chi connectivity index (χ3n) is 6.75. The first-order chi connectivity index (χ1) is 20.5. The molecule has 1 aromatic heterocycles. The number of amides is 2. The molecule has 0 saturated heterocycles. The van der Waals surface area contributed by atoms with E-state index in [9.17, 15) is 23.6 Å². The van der Waals surface area contributed by atoms with Gasteiger partial charge in [-0.25, -0.2) is 9.18 Å². The van der Waals surface area contributed by atoms with Crippen LogP contribution in [0.3, 0.4) is 0 Å². The predicted molar refractivity (Wildman–Crippen MR) is 154 cm³/mol. The van der Waals surface area contributed by atoms with E-state index < -0.39 is 34.8 Å². The molecule has 0 radical (unpaired) electrons. The van der Waals surface area contributed by atoms with Gasteiger partial charge in [-0.05, 0) is 73.5 Å². The first kappa shape index (κ1) is 30.4. The second-order valence-corrected chi connectivity index (χ2v) is 9.55. The molecule has 4 aromatic rings. The van der Waals surface area contributed by atoms with E-state index in [1.165, 1.54) is 29.2 Å². The second kappa shape index (κ2) is 12.6. The number of aliphatic carboxylic acids is 1. The molecule has 222 valence electrons. The van der Waals surface area contributed by atoms with Crippen molar-refractivity contribution in [3.8, 4) is 23.0 Å². The quantitative estimate of drug-likeness (QED) is 0.207. The van der Waals surface area contributed by atoms with Gasteiger partial charge in [-0.2, -0.15) is 0 Å². The summed E-state index contributed by atoms with van der Waals surface area (Å²) in [5.41, 5.74) is 5.89. The van der Waals surface area contributed by atoms with Gasteiger partial charge in [0.25, 0.3) is 0 Å². The largest absolute Gasteiger partial charge is 0.493 e. The Bertz CT molecular complexity index is 1670. The number of primary amides is 1. The predicted octanol–water partition coefficient (Wildman–Crippen LogP) is 4.77. The maximum Gasteiger partial charge on any atom is 0.371 e. The fourth-order valence-electron chi connectivity index (χ4n) is 4.21. The highest BCUT2D eigenvalue weighted by Gasteiger charge is 2.57. The molecule has 3 N–H and O–H groups in total. The van der Waals surface area contributed by atoms with Gasteiger partial charge in [0.2, 0.25) is 17.6 Å². The number of anilines is 2. The highest BCUT2D eigenvalue weighted by atomic mass is 19.1. The SMILES string of the molecule is CC(=O)C(=O)O.COc1cc2nccc(Oc3ccc(N(C(=O)C4(C(N)=O)CC4)c4ccc(F)cc4)cc3)c2cc1OC. The highest BCUT2D eigenvalue weighted by molar-refractivity contribution is 6.31. The Kier molecular flexibility index (Phi) is 8.89. The smallest absolute Gasteiger partial charge is 0.371 e. The van der Waals surface area contributed by atoms with E-state index in [2.05, 4.69) is 4.98 Å². The van der Waals surface area contributed by atoms with Gasteiger partial charge in [-0.15, -0.1) is 0 Å². The van der Waals surface area contributed by atoms with Crippen molar-refractivity contribution in [3.05, 3.63) is 78.7 Å². The van der Waals surface area contributed by atoms with E-state index in [0.29, 0.717) is 52.7 Å². The number of hydrogen-bond donors (Lipinski definition) is 2. The summed E-state index contributed by atoms with van der Waals surface area (Å²) < 4.78 is 30.5. The van der Waals surface area contributed by atoms with Gasteiger partial charge in [-0.3, -0.25) is 24.3 Å². The van der Waals surface area contributed by atoms with Crippen LogP contribution in [0.2, 0.25) is 0 Å². The zero-order valence-corrected chi connectivity index (χ0v) is 23.5. The molecule has 1 fully saturated rings. The van der Waals surface area contributed by atoms with Gasteiger partial charge in [0.1, 0.15) is 22.7 Å². The number of Topliss-reactive ketones (excluding diaryl/α,β-unsaturated/α-hetero) is 1. The number of carbonyl (C=O) groups is 4. The lowest BCUT2D eigenvalue weighted by atomic mass is 10.0. The number of carboxylic acid groups (broad SMARTS) is 1. The molecule has 3 aromatic carbocycles. The molecule has 43 heavy (non-hydrogen) atoms. The minimum atomic E-state index is -1.38. The number of fused-ring (bicyclic) bond motifs is 1. The van der Waals surface area contributed by atoms with Gasteiger partial charge < -0.3 is 25.1 Å². The lowest BCUT2D eigenvalue weighted by molar-refractivity contribution is -0.148. The molecule has 0 unspecified atom stereocenters. The van der Waals surface area contributed by atoms with E-state index in [-0.39, 0.29) is 0 Å². The molecule has 12 heteroatoms. The summed E-state index contributed by atoms with van der Waals surface area (Å²) in [6.45, 7) is 1.00. The van der Waals surface area contributed by atoms with Crippen molar-refractivity contribution in [3.63, 3.8) is 0 Å². The van der Waals surface area contributed by atoms with Crippen molar-refractivity contribution in [1.82, 2.24) is 4.98 Å². The standard InChI is InChI=1S/C28H24FN3O5.C3H4O3/c1-35-24-15-21-22(16-25(24)36-2)31-14-11-23(21)37-20-9-7-19(8-10-20)32(18-5-3-17(29)4-6-18)27(34)28(12-13-28)26(30)33;1-2(4)3(5)6/h3-11,14-16H,12-13H2,1-2H3,(H2,30,33);1H3,(H,5,6). The van der Waals surface area contributed by atoms with E-state index in [1.807, 2.05) is 0 Å². The summed E-state index contributed by atoms with van der Waals surface area (Å²) in [6, 6.07) is 17.6. The Morgan fingerprint density at radius 1 is 0.884 bits per heavy atom. The number of methoxy groups -OCH3 is 2. The molecule has 1 saturated carbocycles. The van der Waals surface area contributed by atoms with Crippen LogP contribution < -0.4 is 24.8 Å². The van der Waals surface area contributed by atoms with Gasteiger partial charge in [-0.1, -0.05) is 0 Å². The van der Waals surface area contributed by atoms with Crippen LogP contribution in [-0.2, 0) is 19.2 Å². The average molecular weight is 590 g/mol. The molecule has 0 aliphatic heterocycles. The van der Waals surface area contributed by atoms with Crippen molar-refractivity contribution in [2.75, 3.05) is 19.1 Å². The van der Waals surface area contributed by atoms with Crippen LogP contribution in [0.25, 0.3) is 10.9 Å². The van der Waals surface area contributed by atoms with Gasteiger partial charge in [0.05, 0.1) is 19.7 Å². The number of carboxylic acids is 1. The summed E-state index contributed by atoms with van der Waals surface area (Å²) in [7, 11) is 3.11. The number of ether oxygens (including phenoxy) is 3. The molecule has 0 bridgehead atoms. The monoisotopic (exact) mass is 589 g/mol. The summed E-state index contributed by atoms with van der Waals surface area (Å²) >= 11 is 0. The number of ketones is 1. The maximum atomic E-state index is 13.6. The lowest BCUT2D eigenvalue weighted by Gasteiger charge is -2.26. The molecule has 11 nitrogen and oxygen atoms in total. The summed E-state index contributed by atoms with van der Waals surface area (Å²) in [5, 5.41) is 8.37. The fraction of sp³-hybridized carbons (Fsp3) is 0.194. The minimum absolute atomic E-state index is 0.378. The van der Waals surface area contributed by atoms with Crippen molar-refractivity contribution >= 4 is 45.8 Å². The van der Waals surface area contributed by atoms with Crippen LogP contribution in [0.5, 0.6) is 23.0 Å². The Labute approximate surface area is 245 Å². The Morgan fingerprint density at radius 3 is 1.91 bits per heavy atom. The number of carbonyl (C=O) groups excluding carboxylic acids is 3. The zero-order chi connectivity index (χ0) is 31.3. The van der Waals surface area contributed by atoms with E-state index >= 15 is 0 Å². The van der Waals surface area contributed by atoms with Gasteiger partial charge in [0.15, 0.2) is 11.5 Å². The molecule has 0 atom stereocenters. The molecule has 2 amide bonds.